The first-order chi connectivity index (χ1) is 9.26. The SMILES string of the molecule is C=C(C)C(O)OC1CCC(NC(=O)C(C)(C)CC)CC1. The van der Waals surface area contributed by atoms with Crippen molar-refractivity contribution >= 4 is 5.91 Å². The van der Waals surface area contributed by atoms with Crippen LogP contribution in [0.25, 0.3) is 0 Å². The number of amides is 1. The van der Waals surface area contributed by atoms with E-state index in [1.165, 1.54) is 0 Å². The number of carbonyl (C=O) groups is 1. The Bertz CT molecular complexity index is 344. The summed E-state index contributed by atoms with van der Waals surface area (Å²) < 4.78 is 5.54. The Morgan fingerprint density at radius 3 is 2.40 bits per heavy atom. The van der Waals surface area contributed by atoms with Crippen LogP contribution < -0.4 is 5.32 Å². The Morgan fingerprint density at radius 2 is 1.95 bits per heavy atom. The van der Waals surface area contributed by atoms with Crippen molar-refractivity contribution in [3.05, 3.63) is 12.2 Å². The maximum absolute atomic E-state index is 12.1. The van der Waals surface area contributed by atoms with Crippen LogP contribution in [0.3, 0.4) is 0 Å². The third-order valence-corrected chi connectivity index (χ3v) is 4.25. The van der Waals surface area contributed by atoms with Gasteiger partial charge in [-0.1, -0.05) is 27.4 Å². The van der Waals surface area contributed by atoms with Crippen LogP contribution in [0.2, 0.25) is 0 Å². The molecule has 0 bridgehead atoms. The molecule has 20 heavy (non-hydrogen) atoms. The van der Waals surface area contributed by atoms with E-state index in [9.17, 15) is 9.90 Å². The van der Waals surface area contributed by atoms with Crippen LogP contribution in [-0.4, -0.2) is 29.4 Å². The van der Waals surface area contributed by atoms with Crippen molar-refractivity contribution in [2.75, 3.05) is 0 Å². The largest absolute Gasteiger partial charge is 0.364 e. The molecule has 1 atom stereocenters. The Balaban J connectivity index is 2.36. The number of aliphatic hydroxyl groups is 1. The van der Waals surface area contributed by atoms with Gasteiger partial charge < -0.3 is 15.2 Å². The second-order valence-corrected chi connectivity index (χ2v) is 6.52. The number of hydrogen-bond donors (Lipinski definition) is 2. The van der Waals surface area contributed by atoms with Crippen LogP contribution in [0.4, 0.5) is 0 Å². The molecular weight excluding hydrogens is 254 g/mol. The van der Waals surface area contributed by atoms with Crippen LogP contribution >= 0.6 is 0 Å². The second kappa shape index (κ2) is 7.23. The lowest BCUT2D eigenvalue weighted by molar-refractivity contribution is -0.133. The van der Waals surface area contributed by atoms with Crippen molar-refractivity contribution in [2.45, 2.75) is 78.2 Å². The van der Waals surface area contributed by atoms with Crippen LogP contribution in [0, 0.1) is 5.41 Å². The van der Waals surface area contributed by atoms with Crippen molar-refractivity contribution < 1.29 is 14.6 Å². The van der Waals surface area contributed by atoms with Gasteiger partial charge in [0.2, 0.25) is 5.91 Å². The molecular formula is C16H29NO3. The summed E-state index contributed by atoms with van der Waals surface area (Å²) in [5, 5.41) is 12.8. The number of aliphatic hydroxyl groups excluding tert-OH is 1. The lowest BCUT2D eigenvalue weighted by Gasteiger charge is -2.32. The molecule has 1 saturated carbocycles. The third kappa shape index (κ3) is 4.91. The molecule has 0 aliphatic heterocycles. The van der Waals surface area contributed by atoms with Crippen molar-refractivity contribution in [3.8, 4) is 0 Å². The number of hydrogen-bond acceptors (Lipinski definition) is 3. The monoisotopic (exact) mass is 283 g/mol. The van der Waals surface area contributed by atoms with E-state index in [1.807, 2.05) is 20.8 Å². The minimum absolute atomic E-state index is 0.0639. The molecule has 2 N–H and O–H groups in total. The average molecular weight is 283 g/mol. The first kappa shape index (κ1) is 17.2. The molecule has 1 aliphatic rings. The van der Waals surface area contributed by atoms with Crippen LogP contribution in [-0.2, 0) is 9.53 Å². The maximum Gasteiger partial charge on any atom is 0.225 e. The van der Waals surface area contributed by atoms with E-state index in [-0.39, 0.29) is 23.5 Å². The normalized spacial score (nSPS) is 25.1. The standard InChI is InChI=1S/C16H29NO3/c1-6-16(4,5)15(19)17-12-7-9-13(10-8-12)20-14(18)11(2)3/h12-14,18H,2,6-10H2,1,3-5H3,(H,17,19). The van der Waals surface area contributed by atoms with Gasteiger partial charge in [0.1, 0.15) is 0 Å². The average Bonchev–Trinajstić information content (AvgIpc) is 2.40. The molecule has 4 heteroatoms. The summed E-state index contributed by atoms with van der Waals surface area (Å²) in [4.78, 5) is 12.1. The highest BCUT2D eigenvalue weighted by Crippen LogP contribution is 2.25. The minimum Gasteiger partial charge on any atom is -0.364 e. The fourth-order valence-electron chi connectivity index (χ4n) is 2.18. The summed E-state index contributed by atoms with van der Waals surface area (Å²) in [6, 6.07) is 0.232. The number of carbonyl (C=O) groups excluding carboxylic acids is 1. The van der Waals surface area contributed by atoms with Gasteiger partial charge in [-0.05, 0) is 44.6 Å². The van der Waals surface area contributed by atoms with Crippen molar-refractivity contribution in [1.82, 2.24) is 5.32 Å². The minimum atomic E-state index is -0.870. The van der Waals surface area contributed by atoms with Gasteiger partial charge in [0.25, 0.3) is 0 Å². The fourth-order valence-corrected chi connectivity index (χ4v) is 2.18. The quantitative estimate of drug-likeness (QED) is 0.582. The van der Waals surface area contributed by atoms with E-state index in [1.54, 1.807) is 6.92 Å². The first-order valence-electron chi connectivity index (χ1n) is 7.56. The Morgan fingerprint density at radius 1 is 1.40 bits per heavy atom. The van der Waals surface area contributed by atoms with Gasteiger partial charge in [0, 0.05) is 11.5 Å². The smallest absolute Gasteiger partial charge is 0.225 e. The summed E-state index contributed by atoms with van der Waals surface area (Å²) in [6.07, 6.45) is 3.56. The molecule has 1 rings (SSSR count). The Labute approximate surface area is 122 Å². The Kier molecular flexibility index (Phi) is 6.21. The van der Waals surface area contributed by atoms with Crippen LogP contribution in [0.1, 0.15) is 59.8 Å². The zero-order valence-electron chi connectivity index (χ0n) is 13.2. The molecule has 0 aromatic rings. The Hall–Kier alpha value is -0.870. The van der Waals surface area contributed by atoms with E-state index < -0.39 is 6.29 Å². The molecule has 1 aliphatic carbocycles. The zero-order valence-corrected chi connectivity index (χ0v) is 13.2. The highest BCUT2D eigenvalue weighted by molar-refractivity contribution is 5.81. The molecule has 0 aromatic carbocycles. The summed E-state index contributed by atoms with van der Waals surface area (Å²) in [7, 11) is 0. The summed E-state index contributed by atoms with van der Waals surface area (Å²) in [6.45, 7) is 11.4. The molecule has 0 radical (unpaired) electrons. The van der Waals surface area contributed by atoms with E-state index in [2.05, 4.69) is 11.9 Å². The van der Waals surface area contributed by atoms with Crippen LogP contribution in [0.15, 0.2) is 12.2 Å². The van der Waals surface area contributed by atoms with Crippen LogP contribution in [0.5, 0.6) is 0 Å². The van der Waals surface area contributed by atoms with Crippen molar-refractivity contribution in [3.63, 3.8) is 0 Å². The molecule has 1 unspecified atom stereocenters. The predicted molar refractivity (Wildman–Crippen MR) is 80.2 cm³/mol. The van der Waals surface area contributed by atoms with Gasteiger partial charge in [-0.15, -0.1) is 0 Å². The molecule has 1 fully saturated rings. The fraction of sp³-hybridized carbons (Fsp3) is 0.812. The molecule has 4 nitrogen and oxygen atoms in total. The van der Waals surface area contributed by atoms with E-state index >= 15 is 0 Å². The second-order valence-electron chi connectivity index (χ2n) is 6.52. The van der Waals surface area contributed by atoms with Gasteiger partial charge >= 0.3 is 0 Å². The molecule has 0 heterocycles. The lowest BCUT2D eigenvalue weighted by atomic mass is 9.87. The van der Waals surface area contributed by atoms with Gasteiger partial charge in [-0.3, -0.25) is 4.79 Å². The van der Waals surface area contributed by atoms with Crippen molar-refractivity contribution in [2.24, 2.45) is 5.41 Å². The first-order valence-corrected chi connectivity index (χ1v) is 7.56. The number of rotatable bonds is 6. The van der Waals surface area contributed by atoms with Gasteiger partial charge in [-0.25, -0.2) is 0 Å². The van der Waals surface area contributed by atoms with Gasteiger partial charge in [0.15, 0.2) is 6.29 Å². The predicted octanol–water partition coefficient (Wildman–Crippen LogP) is 2.76. The molecule has 116 valence electrons. The highest BCUT2D eigenvalue weighted by atomic mass is 16.6. The summed E-state index contributed by atoms with van der Waals surface area (Å²) in [5.41, 5.74) is 0.328. The molecule has 0 saturated heterocycles. The molecule has 1 amide bonds. The van der Waals surface area contributed by atoms with E-state index in [0.717, 1.165) is 32.1 Å². The summed E-state index contributed by atoms with van der Waals surface area (Å²) in [5.74, 6) is 0.131. The topological polar surface area (TPSA) is 58.6 Å². The summed E-state index contributed by atoms with van der Waals surface area (Å²) >= 11 is 0. The maximum atomic E-state index is 12.1. The van der Waals surface area contributed by atoms with Crippen molar-refractivity contribution in [1.29, 1.82) is 0 Å². The van der Waals surface area contributed by atoms with Gasteiger partial charge in [-0.2, -0.15) is 0 Å². The zero-order chi connectivity index (χ0) is 15.3. The van der Waals surface area contributed by atoms with E-state index in [0.29, 0.717) is 5.57 Å². The third-order valence-electron chi connectivity index (χ3n) is 4.25. The number of nitrogens with one attached hydrogen (secondary N) is 1. The molecule has 0 aromatic heterocycles. The lowest BCUT2D eigenvalue weighted by Crippen LogP contribution is -2.45. The van der Waals surface area contributed by atoms with Gasteiger partial charge in [0.05, 0.1) is 6.10 Å². The van der Waals surface area contributed by atoms with E-state index in [4.69, 9.17) is 4.74 Å². The number of ether oxygens (including phenoxy) is 1. The highest BCUT2D eigenvalue weighted by Gasteiger charge is 2.30. The molecule has 0 spiro atoms.